The molecule has 1 aromatic rings. The molecule has 0 saturated heterocycles. The van der Waals surface area contributed by atoms with E-state index in [1.54, 1.807) is 0 Å². The number of hydrogen-bond acceptors (Lipinski definition) is 2. The van der Waals surface area contributed by atoms with Crippen molar-refractivity contribution in [1.29, 1.82) is 0 Å². The maximum absolute atomic E-state index is 12.7. The van der Waals surface area contributed by atoms with Gasteiger partial charge in [-0.05, 0) is 17.7 Å². The second kappa shape index (κ2) is 5.69. The Morgan fingerprint density at radius 1 is 1.24 bits per heavy atom. The Hall–Kier alpha value is -0.110. The molecule has 0 heterocycles. The van der Waals surface area contributed by atoms with E-state index in [1.165, 1.54) is 6.07 Å². The van der Waals surface area contributed by atoms with Gasteiger partial charge in [-0.3, -0.25) is 0 Å². The predicted octanol–water partition coefficient (Wildman–Crippen LogP) is 3.26. The maximum atomic E-state index is 12.7. The molecule has 2 atom stereocenters. The van der Waals surface area contributed by atoms with Crippen molar-refractivity contribution in [3.63, 3.8) is 0 Å². The molecule has 1 aromatic carbocycles. The van der Waals surface area contributed by atoms with Crippen molar-refractivity contribution in [2.24, 2.45) is 0 Å². The quantitative estimate of drug-likeness (QED) is 0.794. The van der Waals surface area contributed by atoms with Crippen LogP contribution >= 0.6 is 31.9 Å². The molecule has 0 fully saturated rings. The first-order valence-electron chi connectivity index (χ1n) is 4.56. The van der Waals surface area contributed by atoms with Gasteiger partial charge < -0.3 is 10.2 Å². The van der Waals surface area contributed by atoms with Crippen LogP contribution in [0.3, 0.4) is 0 Å². The SMILES string of the molecule is OC(CBr)C(O)c1ccc(Br)cc1C(F)(F)F. The zero-order valence-electron chi connectivity index (χ0n) is 8.38. The van der Waals surface area contributed by atoms with Gasteiger partial charge in [0, 0.05) is 9.80 Å². The second-order valence-corrected chi connectivity index (χ2v) is 4.96. The molecule has 0 aliphatic carbocycles. The standard InChI is InChI=1S/C10H9Br2F3O2/c11-4-8(16)9(17)6-2-1-5(12)3-7(6)10(13,14)15/h1-3,8-9,16-17H,4H2. The summed E-state index contributed by atoms with van der Waals surface area (Å²) in [6, 6.07) is 3.40. The molecule has 2 N–H and O–H groups in total. The summed E-state index contributed by atoms with van der Waals surface area (Å²) < 4.78 is 38.5. The van der Waals surface area contributed by atoms with Gasteiger partial charge in [0.2, 0.25) is 0 Å². The Bertz CT molecular complexity index is 396. The van der Waals surface area contributed by atoms with Crippen molar-refractivity contribution in [3.8, 4) is 0 Å². The number of aliphatic hydroxyl groups is 2. The lowest BCUT2D eigenvalue weighted by Crippen LogP contribution is -2.23. The number of hydrogen-bond donors (Lipinski definition) is 2. The lowest BCUT2D eigenvalue weighted by molar-refractivity contribution is -0.139. The topological polar surface area (TPSA) is 40.5 Å². The summed E-state index contributed by atoms with van der Waals surface area (Å²) >= 11 is 5.84. The Balaban J connectivity index is 3.24. The van der Waals surface area contributed by atoms with Gasteiger partial charge in [-0.1, -0.05) is 37.9 Å². The first-order valence-corrected chi connectivity index (χ1v) is 6.47. The van der Waals surface area contributed by atoms with E-state index in [4.69, 9.17) is 0 Å². The summed E-state index contributed by atoms with van der Waals surface area (Å²) in [5.74, 6) is 0. The molecule has 2 unspecified atom stereocenters. The van der Waals surface area contributed by atoms with Gasteiger partial charge in [-0.2, -0.15) is 13.2 Å². The highest BCUT2D eigenvalue weighted by Gasteiger charge is 2.36. The fourth-order valence-electron chi connectivity index (χ4n) is 1.32. The monoisotopic (exact) mass is 376 g/mol. The highest BCUT2D eigenvalue weighted by Crippen LogP contribution is 2.37. The lowest BCUT2D eigenvalue weighted by atomic mass is 9.99. The molecule has 17 heavy (non-hydrogen) atoms. The Labute approximate surface area is 113 Å². The molecule has 2 nitrogen and oxygen atoms in total. The van der Waals surface area contributed by atoms with Gasteiger partial charge in [0.1, 0.15) is 6.10 Å². The van der Waals surface area contributed by atoms with E-state index in [-0.39, 0.29) is 15.4 Å². The fourth-order valence-corrected chi connectivity index (χ4v) is 2.04. The molecule has 1 rings (SSSR count). The van der Waals surface area contributed by atoms with Crippen molar-refractivity contribution in [3.05, 3.63) is 33.8 Å². The molecule has 0 radical (unpaired) electrons. The zero-order chi connectivity index (χ0) is 13.2. The summed E-state index contributed by atoms with van der Waals surface area (Å²) in [4.78, 5) is 0. The molecule has 0 aliphatic rings. The third-order valence-corrected chi connectivity index (χ3v) is 3.32. The maximum Gasteiger partial charge on any atom is 0.416 e. The minimum atomic E-state index is -4.58. The van der Waals surface area contributed by atoms with E-state index in [9.17, 15) is 23.4 Å². The van der Waals surface area contributed by atoms with E-state index in [0.29, 0.717) is 0 Å². The summed E-state index contributed by atoms with van der Waals surface area (Å²) in [5.41, 5.74) is -1.30. The molecule has 0 aromatic heterocycles. The van der Waals surface area contributed by atoms with E-state index in [2.05, 4.69) is 31.9 Å². The van der Waals surface area contributed by atoms with Crippen molar-refractivity contribution >= 4 is 31.9 Å². The van der Waals surface area contributed by atoms with Crippen LogP contribution in [0.2, 0.25) is 0 Å². The van der Waals surface area contributed by atoms with Crippen LogP contribution in [0.1, 0.15) is 17.2 Å². The highest BCUT2D eigenvalue weighted by atomic mass is 79.9. The lowest BCUT2D eigenvalue weighted by Gasteiger charge is -2.20. The van der Waals surface area contributed by atoms with Crippen molar-refractivity contribution < 1.29 is 23.4 Å². The Morgan fingerprint density at radius 3 is 2.29 bits per heavy atom. The van der Waals surface area contributed by atoms with Crippen LogP contribution in [0.5, 0.6) is 0 Å². The van der Waals surface area contributed by atoms with Crippen LogP contribution in [0, 0.1) is 0 Å². The molecular weight excluding hydrogens is 369 g/mol. The number of aliphatic hydroxyl groups excluding tert-OH is 2. The summed E-state index contributed by atoms with van der Waals surface area (Å²) in [6.45, 7) is 0. The van der Waals surface area contributed by atoms with Crippen LogP contribution in [0.25, 0.3) is 0 Å². The van der Waals surface area contributed by atoms with Crippen LogP contribution < -0.4 is 0 Å². The van der Waals surface area contributed by atoms with Crippen LogP contribution in [0.4, 0.5) is 13.2 Å². The van der Waals surface area contributed by atoms with Crippen molar-refractivity contribution in [2.75, 3.05) is 5.33 Å². The van der Waals surface area contributed by atoms with Crippen molar-refractivity contribution in [1.82, 2.24) is 0 Å². The van der Waals surface area contributed by atoms with Gasteiger partial charge in [0.05, 0.1) is 11.7 Å². The molecular formula is C10H9Br2F3O2. The van der Waals surface area contributed by atoms with Crippen LogP contribution in [0.15, 0.2) is 22.7 Å². The van der Waals surface area contributed by atoms with E-state index in [0.717, 1.165) is 12.1 Å². The zero-order valence-corrected chi connectivity index (χ0v) is 11.6. The first kappa shape index (κ1) is 14.9. The summed E-state index contributed by atoms with van der Waals surface area (Å²) in [5, 5.41) is 19.0. The minimum Gasteiger partial charge on any atom is -0.389 e. The van der Waals surface area contributed by atoms with Crippen LogP contribution in [-0.4, -0.2) is 21.6 Å². The summed E-state index contributed by atoms with van der Waals surface area (Å²) in [6.07, 6.45) is -7.46. The van der Waals surface area contributed by atoms with Gasteiger partial charge in [-0.15, -0.1) is 0 Å². The predicted molar refractivity (Wildman–Crippen MR) is 63.9 cm³/mol. The van der Waals surface area contributed by atoms with E-state index < -0.39 is 23.9 Å². The first-order chi connectivity index (χ1) is 7.77. The molecule has 96 valence electrons. The van der Waals surface area contributed by atoms with Gasteiger partial charge in [0.15, 0.2) is 0 Å². The molecule has 0 aliphatic heterocycles. The average molecular weight is 378 g/mol. The van der Waals surface area contributed by atoms with Crippen molar-refractivity contribution in [2.45, 2.75) is 18.4 Å². The van der Waals surface area contributed by atoms with Gasteiger partial charge >= 0.3 is 6.18 Å². The Kier molecular flexibility index (Phi) is 5.00. The molecule has 0 amide bonds. The minimum absolute atomic E-state index is 0.0124. The number of rotatable bonds is 3. The third kappa shape index (κ3) is 3.67. The summed E-state index contributed by atoms with van der Waals surface area (Å²) in [7, 11) is 0. The fraction of sp³-hybridized carbons (Fsp3) is 0.400. The third-order valence-electron chi connectivity index (χ3n) is 2.16. The molecule has 0 bridgehead atoms. The number of halogens is 5. The molecule has 0 spiro atoms. The van der Waals surface area contributed by atoms with Gasteiger partial charge in [0.25, 0.3) is 0 Å². The van der Waals surface area contributed by atoms with Gasteiger partial charge in [-0.25, -0.2) is 0 Å². The normalized spacial score (nSPS) is 15.7. The molecule has 7 heteroatoms. The van der Waals surface area contributed by atoms with Crippen LogP contribution in [-0.2, 0) is 6.18 Å². The average Bonchev–Trinajstić information content (AvgIpc) is 2.25. The highest BCUT2D eigenvalue weighted by molar-refractivity contribution is 9.10. The van der Waals surface area contributed by atoms with E-state index in [1.807, 2.05) is 0 Å². The number of benzene rings is 1. The smallest absolute Gasteiger partial charge is 0.389 e. The van der Waals surface area contributed by atoms with E-state index >= 15 is 0 Å². The largest absolute Gasteiger partial charge is 0.416 e. The Morgan fingerprint density at radius 2 is 1.82 bits per heavy atom. The molecule has 0 saturated carbocycles. The second-order valence-electron chi connectivity index (χ2n) is 3.40. The number of alkyl halides is 4.